The van der Waals surface area contributed by atoms with Crippen LogP contribution in [0.1, 0.15) is 6.92 Å². The summed E-state index contributed by atoms with van der Waals surface area (Å²) in [4.78, 5) is 10.2. The largest absolute Gasteiger partial charge is 0.466 e. The number of hydrogen-bond donors (Lipinski definition) is 0. The first-order valence-corrected chi connectivity index (χ1v) is 7.32. The van der Waals surface area contributed by atoms with Crippen LogP contribution in [-0.4, -0.2) is 32.6 Å². The van der Waals surface area contributed by atoms with Crippen LogP contribution in [0.2, 0.25) is 13.1 Å². The van der Waals surface area contributed by atoms with E-state index in [9.17, 15) is 4.79 Å². The molecule has 0 aromatic carbocycles. The maximum absolute atomic E-state index is 10.2. The third kappa shape index (κ3) is 12.3. The molecule has 0 fully saturated rings. The number of hydrogen-bond acceptors (Lipinski definition) is 3. The minimum atomic E-state index is -0.588. The summed E-state index contributed by atoms with van der Waals surface area (Å²) < 4.78 is 9.30. The van der Waals surface area contributed by atoms with E-state index in [1.54, 1.807) is 6.92 Å². The van der Waals surface area contributed by atoms with Gasteiger partial charge in [-0.2, -0.15) is 0 Å². The molecular formula is C7H18O3Si2. The highest BCUT2D eigenvalue weighted by Crippen LogP contribution is 1.87. The van der Waals surface area contributed by atoms with E-state index in [0.29, 0.717) is 5.57 Å². The Morgan fingerprint density at radius 3 is 1.83 bits per heavy atom. The molecule has 0 rings (SSSR count). The van der Waals surface area contributed by atoms with Crippen molar-refractivity contribution < 1.29 is 13.6 Å². The second kappa shape index (κ2) is 8.70. The number of esters is 1. The first-order valence-electron chi connectivity index (χ1n) is 3.72. The minimum absolute atomic E-state index is 0.347. The Labute approximate surface area is 79.0 Å². The smallest absolute Gasteiger partial charge is 0.332 e. The molecule has 0 heterocycles. The van der Waals surface area contributed by atoms with E-state index in [0.717, 1.165) is 10.5 Å². The lowest BCUT2D eigenvalue weighted by atomic mass is 10.4. The first kappa shape index (κ1) is 14.1. The topological polar surface area (TPSA) is 35.5 Å². The molecule has 0 aliphatic heterocycles. The average molecular weight is 206 g/mol. The van der Waals surface area contributed by atoms with Crippen molar-refractivity contribution in [3.8, 4) is 0 Å². The molecule has 0 atom stereocenters. The predicted octanol–water partition coefficient (Wildman–Crippen LogP) is 0.00230. The second-order valence-corrected chi connectivity index (χ2v) is 6.54. The van der Waals surface area contributed by atoms with Crippen molar-refractivity contribution in [2.75, 3.05) is 7.11 Å². The highest BCUT2D eigenvalue weighted by Gasteiger charge is 1.95. The van der Waals surface area contributed by atoms with Crippen molar-refractivity contribution in [2.24, 2.45) is 0 Å². The van der Waals surface area contributed by atoms with E-state index in [-0.39, 0.29) is 5.97 Å². The summed E-state index contributed by atoms with van der Waals surface area (Å²) in [5.41, 5.74) is 0.433. The minimum Gasteiger partial charge on any atom is -0.466 e. The number of carbonyl (C=O) groups excluding carboxylic acids is 1. The molecule has 0 aliphatic rings. The fourth-order valence-electron chi connectivity index (χ4n) is 0.174. The lowest BCUT2D eigenvalue weighted by Gasteiger charge is -1.93. The van der Waals surface area contributed by atoms with E-state index >= 15 is 0 Å². The lowest BCUT2D eigenvalue weighted by Crippen LogP contribution is -2.02. The van der Waals surface area contributed by atoms with Crippen molar-refractivity contribution in [3.05, 3.63) is 12.2 Å². The number of ether oxygens (including phenoxy) is 1. The van der Waals surface area contributed by atoms with Crippen LogP contribution in [0.25, 0.3) is 0 Å². The molecule has 3 nitrogen and oxygen atoms in total. The molecule has 72 valence electrons. The molecule has 0 bridgehead atoms. The van der Waals surface area contributed by atoms with Crippen LogP contribution in [0.4, 0.5) is 0 Å². The fourth-order valence-corrected chi connectivity index (χ4v) is 0.174. The normalized spacial score (nSPS) is 8.75. The molecular weight excluding hydrogens is 188 g/mol. The molecule has 0 N–H and O–H groups in total. The maximum Gasteiger partial charge on any atom is 0.332 e. The van der Waals surface area contributed by atoms with Crippen LogP contribution in [-0.2, 0) is 13.6 Å². The Bertz CT molecular complexity index is 146. The summed E-state index contributed by atoms with van der Waals surface area (Å²) in [6.07, 6.45) is 0. The van der Waals surface area contributed by atoms with Crippen LogP contribution in [0.15, 0.2) is 12.2 Å². The maximum atomic E-state index is 10.2. The standard InChI is InChI=1S/C5H8O2.C2H10OSi2/c1-4(2)5(6)7-3;1-5(2)3-4/h1H2,2-3H3;5H,1-2,4H3. The van der Waals surface area contributed by atoms with Crippen molar-refractivity contribution in [3.63, 3.8) is 0 Å². The van der Waals surface area contributed by atoms with Gasteiger partial charge in [0.25, 0.3) is 0 Å². The van der Waals surface area contributed by atoms with Crippen molar-refractivity contribution in [1.29, 1.82) is 0 Å². The van der Waals surface area contributed by atoms with Gasteiger partial charge in [-0.1, -0.05) is 6.58 Å². The first-order chi connectivity index (χ1) is 5.45. The van der Waals surface area contributed by atoms with Gasteiger partial charge in [0.15, 0.2) is 9.04 Å². The SMILES string of the molecule is C=C(C)C(=O)OC.C[SiH](C)O[SiH3]. The second-order valence-electron chi connectivity index (χ2n) is 2.56. The summed E-state index contributed by atoms with van der Waals surface area (Å²) in [5.74, 6) is -0.347. The lowest BCUT2D eigenvalue weighted by molar-refractivity contribution is -0.136. The molecule has 12 heavy (non-hydrogen) atoms. The fraction of sp³-hybridized carbons (Fsp3) is 0.571. The quantitative estimate of drug-likeness (QED) is 0.362. The summed E-state index contributed by atoms with van der Waals surface area (Å²) in [7, 11) is 1.68. The van der Waals surface area contributed by atoms with Gasteiger partial charge in [-0.15, -0.1) is 0 Å². The zero-order valence-electron chi connectivity index (χ0n) is 8.51. The number of carbonyl (C=O) groups is 1. The Kier molecular flexibility index (Phi) is 10.3. The molecule has 0 aliphatic carbocycles. The Morgan fingerprint density at radius 2 is 1.83 bits per heavy atom. The molecule has 0 radical (unpaired) electrons. The molecule has 0 aromatic rings. The zero-order valence-corrected chi connectivity index (χ0v) is 11.7. The Balaban J connectivity index is 0. The van der Waals surface area contributed by atoms with Crippen LogP contribution >= 0.6 is 0 Å². The summed E-state index contributed by atoms with van der Waals surface area (Å²) >= 11 is 0. The van der Waals surface area contributed by atoms with Gasteiger partial charge >= 0.3 is 5.97 Å². The summed E-state index contributed by atoms with van der Waals surface area (Å²) in [6.45, 7) is 9.30. The summed E-state index contributed by atoms with van der Waals surface area (Å²) in [5, 5.41) is 0. The van der Waals surface area contributed by atoms with E-state index in [4.69, 9.17) is 4.12 Å². The van der Waals surface area contributed by atoms with Gasteiger partial charge in [-0.3, -0.25) is 0 Å². The van der Waals surface area contributed by atoms with Gasteiger partial charge in [0.1, 0.15) is 10.5 Å². The van der Waals surface area contributed by atoms with Crippen molar-refractivity contribution in [2.45, 2.75) is 20.0 Å². The third-order valence-corrected chi connectivity index (χ3v) is 4.78. The number of methoxy groups -OCH3 is 1. The third-order valence-electron chi connectivity index (χ3n) is 1.01. The Morgan fingerprint density at radius 1 is 1.50 bits per heavy atom. The van der Waals surface area contributed by atoms with Gasteiger partial charge in [0, 0.05) is 5.57 Å². The average Bonchev–Trinajstić information content (AvgIpc) is 2.04. The van der Waals surface area contributed by atoms with E-state index in [2.05, 4.69) is 24.4 Å². The Hall–Kier alpha value is -0.396. The molecule has 5 heteroatoms. The molecule has 0 spiro atoms. The zero-order chi connectivity index (χ0) is 10.1. The molecule has 0 saturated carbocycles. The molecule has 0 aromatic heterocycles. The van der Waals surface area contributed by atoms with Crippen molar-refractivity contribution >= 4 is 25.5 Å². The van der Waals surface area contributed by atoms with Gasteiger partial charge in [0.2, 0.25) is 0 Å². The van der Waals surface area contributed by atoms with Gasteiger partial charge < -0.3 is 8.85 Å². The van der Waals surface area contributed by atoms with Crippen LogP contribution in [0.5, 0.6) is 0 Å². The van der Waals surface area contributed by atoms with Crippen LogP contribution in [0.3, 0.4) is 0 Å². The van der Waals surface area contributed by atoms with Gasteiger partial charge in [-0.05, 0) is 20.0 Å². The van der Waals surface area contributed by atoms with Crippen LogP contribution in [0, 0.1) is 0 Å². The number of rotatable bonds is 2. The van der Waals surface area contributed by atoms with Crippen LogP contribution < -0.4 is 0 Å². The van der Waals surface area contributed by atoms with Crippen molar-refractivity contribution in [1.82, 2.24) is 0 Å². The van der Waals surface area contributed by atoms with E-state index < -0.39 is 9.04 Å². The summed E-state index contributed by atoms with van der Waals surface area (Å²) in [6, 6.07) is 0. The van der Waals surface area contributed by atoms with E-state index in [1.807, 2.05) is 0 Å². The molecule has 0 saturated heterocycles. The molecule has 0 amide bonds. The molecule has 0 unspecified atom stereocenters. The van der Waals surface area contributed by atoms with Gasteiger partial charge in [0.05, 0.1) is 7.11 Å². The highest BCUT2D eigenvalue weighted by molar-refractivity contribution is 6.52. The monoisotopic (exact) mass is 206 g/mol. The van der Waals surface area contributed by atoms with Gasteiger partial charge in [-0.25, -0.2) is 4.79 Å². The highest BCUT2D eigenvalue weighted by atomic mass is 28.3. The predicted molar refractivity (Wildman–Crippen MR) is 56.7 cm³/mol. The van der Waals surface area contributed by atoms with E-state index in [1.165, 1.54) is 7.11 Å².